The maximum absolute atomic E-state index is 15.9. The van der Waals surface area contributed by atoms with Gasteiger partial charge in [-0.25, -0.2) is 13.2 Å². The van der Waals surface area contributed by atoms with E-state index in [2.05, 4.69) is 10.3 Å². The van der Waals surface area contributed by atoms with Crippen molar-refractivity contribution >= 4 is 0 Å². The van der Waals surface area contributed by atoms with Crippen LogP contribution in [0.2, 0.25) is 0 Å². The fourth-order valence-electron chi connectivity index (χ4n) is 4.14. The van der Waals surface area contributed by atoms with Crippen LogP contribution in [0, 0.1) is 16.6 Å². The van der Waals surface area contributed by atoms with Crippen molar-refractivity contribution in [1.82, 2.24) is 10.3 Å². The summed E-state index contributed by atoms with van der Waals surface area (Å²) >= 11 is 0. The van der Waals surface area contributed by atoms with Crippen molar-refractivity contribution in [3.05, 3.63) is 65.7 Å². The number of hydrogen-bond acceptors (Lipinski definition) is 5. The molecule has 8 heteroatoms. The molecule has 180 valence electrons. The van der Waals surface area contributed by atoms with Gasteiger partial charge in [0.25, 0.3) is 5.92 Å². The molecule has 0 unspecified atom stereocenters. The topological polar surface area (TPSA) is 52.6 Å². The van der Waals surface area contributed by atoms with Gasteiger partial charge in [-0.05, 0) is 29.8 Å². The zero-order valence-corrected chi connectivity index (χ0v) is 19.4. The molecule has 0 radical (unpaired) electrons. The summed E-state index contributed by atoms with van der Waals surface area (Å²) in [6.45, 7) is 7.27. The number of nitrogens with one attached hydrogen (secondary N) is 1. The molecule has 3 aliphatic rings. The number of halogens is 3. The summed E-state index contributed by atoms with van der Waals surface area (Å²) < 4.78 is 62.7. The Bertz CT molecular complexity index is 923. The Hall–Kier alpha value is -2.00. The standard InChI is InChI=1S/C25H31F3N2O3/c1-22(2,3)24(27,28)21(25-31-14-23(4,15-32-25)16-33-25)30-13-19(20-7-5-6-12-29-20)17-8-10-18(26)11-9-17/h5-12,19,21,30H,13-16H2,1-4H3/t19-,21-,23?,25?/m1/s1. The smallest absolute Gasteiger partial charge is 0.305 e. The van der Waals surface area contributed by atoms with E-state index in [0.29, 0.717) is 5.69 Å². The summed E-state index contributed by atoms with van der Waals surface area (Å²) in [5.74, 6) is -5.93. The molecular formula is C25H31F3N2O3. The molecule has 1 aromatic heterocycles. The van der Waals surface area contributed by atoms with Crippen LogP contribution >= 0.6 is 0 Å². The van der Waals surface area contributed by atoms with Gasteiger partial charge in [0, 0.05) is 35.2 Å². The van der Waals surface area contributed by atoms with Crippen LogP contribution < -0.4 is 5.32 Å². The van der Waals surface area contributed by atoms with Gasteiger partial charge in [0.1, 0.15) is 5.82 Å². The van der Waals surface area contributed by atoms with Crippen LogP contribution in [0.1, 0.15) is 44.9 Å². The molecule has 2 atom stereocenters. The van der Waals surface area contributed by atoms with E-state index in [9.17, 15) is 4.39 Å². The average Bonchev–Trinajstić information content (AvgIpc) is 2.78. The lowest BCUT2D eigenvalue weighted by atomic mass is 9.81. The highest BCUT2D eigenvalue weighted by atomic mass is 19.3. The number of fused-ring (bicyclic) bond motifs is 3. The molecular weight excluding hydrogens is 433 g/mol. The van der Waals surface area contributed by atoms with Crippen LogP contribution in [-0.2, 0) is 14.2 Å². The largest absolute Gasteiger partial charge is 0.325 e. The predicted octanol–water partition coefficient (Wildman–Crippen LogP) is 4.73. The highest BCUT2D eigenvalue weighted by Crippen LogP contribution is 2.48. The molecule has 3 saturated heterocycles. The summed E-state index contributed by atoms with van der Waals surface area (Å²) in [4.78, 5) is 4.42. The van der Waals surface area contributed by atoms with Crippen molar-refractivity contribution in [2.24, 2.45) is 10.8 Å². The summed E-state index contributed by atoms with van der Waals surface area (Å²) in [6.07, 6.45) is 1.64. The Labute approximate surface area is 192 Å². The van der Waals surface area contributed by atoms with Gasteiger partial charge in [0.2, 0.25) is 0 Å². The first-order valence-corrected chi connectivity index (χ1v) is 11.2. The minimum Gasteiger partial charge on any atom is -0.325 e. The van der Waals surface area contributed by atoms with Crippen molar-refractivity contribution in [2.75, 3.05) is 26.4 Å². The van der Waals surface area contributed by atoms with Crippen molar-refractivity contribution in [3.8, 4) is 0 Å². The second-order valence-electron chi connectivity index (χ2n) is 10.4. The minimum atomic E-state index is -3.25. The number of benzene rings is 1. The molecule has 2 aromatic rings. The van der Waals surface area contributed by atoms with Crippen LogP contribution in [0.3, 0.4) is 0 Å². The van der Waals surface area contributed by atoms with Gasteiger partial charge in [-0.15, -0.1) is 0 Å². The van der Waals surface area contributed by atoms with E-state index in [4.69, 9.17) is 14.2 Å². The molecule has 0 amide bonds. The van der Waals surface area contributed by atoms with E-state index in [1.54, 1.807) is 24.4 Å². The third kappa shape index (κ3) is 4.67. The van der Waals surface area contributed by atoms with E-state index in [1.165, 1.54) is 32.9 Å². The monoisotopic (exact) mass is 464 g/mol. The summed E-state index contributed by atoms with van der Waals surface area (Å²) in [7, 11) is 0. The van der Waals surface area contributed by atoms with Crippen LogP contribution in [-0.4, -0.2) is 49.3 Å². The van der Waals surface area contributed by atoms with Gasteiger partial charge in [-0.1, -0.05) is 45.9 Å². The van der Waals surface area contributed by atoms with Gasteiger partial charge in [0.05, 0.1) is 19.8 Å². The van der Waals surface area contributed by atoms with E-state index in [0.717, 1.165) is 5.56 Å². The normalized spacial score (nSPS) is 27.4. The van der Waals surface area contributed by atoms with Crippen molar-refractivity contribution in [3.63, 3.8) is 0 Å². The average molecular weight is 465 g/mol. The molecule has 1 N–H and O–H groups in total. The van der Waals surface area contributed by atoms with Gasteiger partial charge >= 0.3 is 5.97 Å². The third-order valence-corrected chi connectivity index (χ3v) is 6.42. The van der Waals surface area contributed by atoms with Crippen LogP contribution in [0.25, 0.3) is 0 Å². The fourth-order valence-corrected chi connectivity index (χ4v) is 4.14. The maximum atomic E-state index is 15.9. The maximum Gasteiger partial charge on any atom is 0.305 e. The molecule has 5 nitrogen and oxygen atoms in total. The molecule has 4 heterocycles. The summed E-state index contributed by atoms with van der Waals surface area (Å²) in [5, 5.41) is 3.02. The molecule has 3 aliphatic heterocycles. The van der Waals surface area contributed by atoms with E-state index < -0.39 is 29.3 Å². The lowest BCUT2D eigenvalue weighted by Gasteiger charge is -2.55. The Balaban J connectivity index is 1.67. The molecule has 0 saturated carbocycles. The molecule has 3 fully saturated rings. The highest BCUT2D eigenvalue weighted by Gasteiger charge is 2.65. The van der Waals surface area contributed by atoms with Crippen LogP contribution in [0.15, 0.2) is 48.7 Å². The fraction of sp³-hybridized carbons (Fsp3) is 0.560. The first-order valence-electron chi connectivity index (χ1n) is 11.2. The first-order chi connectivity index (χ1) is 15.5. The molecule has 1 aromatic carbocycles. The number of alkyl halides is 2. The van der Waals surface area contributed by atoms with Crippen molar-refractivity contribution in [2.45, 2.75) is 51.6 Å². The lowest BCUT2D eigenvalue weighted by molar-refractivity contribution is -0.487. The number of nitrogens with zero attached hydrogens (tertiary/aromatic N) is 1. The van der Waals surface area contributed by atoms with E-state index >= 15 is 8.78 Å². The molecule has 0 aliphatic carbocycles. The highest BCUT2D eigenvalue weighted by molar-refractivity contribution is 5.29. The molecule has 0 spiro atoms. The first kappa shape index (κ1) is 24.1. The van der Waals surface area contributed by atoms with Gasteiger partial charge in [-0.2, -0.15) is 0 Å². The Morgan fingerprint density at radius 2 is 1.61 bits per heavy atom. The zero-order chi connectivity index (χ0) is 23.9. The summed E-state index contributed by atoms with van der Waals surface area (Å²) in [5.41, 5.74) is -0.326. The number of aromatic nitrogens is 1. The van der Waals surface area contributed by atoms with Gasteiger partial charge in [-0.3, -0.25) is 4.98 Å². The Morgan fingerprint density at radius 3 is 2.12 bits per heavy atom. The van der Waals surface area contributed by atoms with E-state index in [-0.39, 0.29) is 37.6 Å². The molecule has 2 bridgehead atoms. The van der Waals surface area contributed by atoms with Crippen LogP contribution in [0.4, 0.5) is 13.2 Å². The van der Waals surface area contributed by atoms with Gasteiger partial charge in [0.15, 0.2) is 6.04 Å². The number of hydrogen-bond donors (Lipinski definition) is 1. The zero-order valence-electron chi connectivity index (χ0n) is 19.4. The second-order valence-corrected chi connectivity index (χ2v) is 10.4. The summed E-state index contributed by atoms with van der Waals surface area (Å²) in [6, 6.07) is 9.83. The quantitative estimate of drug-likeness (QED) is 0.642. The number of rotatable bonds is 7. The van der Waals surface area contributed by atoms with Crippen molar-refractivity contribution < 1.29 is 27.4 Å². The lowest BCUT2D eigenvalue weighted by Crippen LogP contribution is -2.73. The Kier molecular flexibility index (Phi) is 6.33. The predicted molar refractivity (Wildman–Crippen MR) is 117 cm³/mol. The Morgan fingerprint density at radius 1 is 1.00 bits per heavy atom. The van der Waals surface area contributed by atoms with E-state index in [1.807, 2.05) is 19.1 Å². The molecule has 33 heavy (non-hydrogen) atoms. The third-order valence-electron chi connectivity index (χ3n) is 6.42. The van der Waals surface area contributed by atoms with Gasteiger partial charge < -0.3 is 19.5 Å². The molecule has 5 rings (SSSR count). The second kappa shape index (κ2) is 8.65. The van der Waals surface area contributed by atoms with Crippen LogP contribution in [0.5, 0.6) is 0 Å². The number of ether oxygens (including phenoxy) is 3. The number of pyridine rings is 1. The SMILES string of the molecule is CC12COC([C@H](NC[C@H](c3ccc(F)cc3)c3ccccn3)C(F)(F)C(C)(C)C)(OC1)OC2. The van der Waals surface area contributed by atoms with Crippen molar-refractivity contribution in [1.29, 1.82) is 0 Å². The minimum absolute atomic E-state index is 0.0913.